The number of aromatic nitrogens is 4. The van der Waals surface area contributed by atoms with E-state index in [-0.39, 0.29) is 6.10 Å². The van der Waals surface area contributed by atoms with Gasteiger partial charge in [-0.1, -0.05) is 0 Å². The average Bonchev–Trinajstić information content (AvgIpc) is 2.94. The fourth-order valence-corrected chi connectivity index (χ4v) is 3.50. The molecule has 0 aromatic carbocycles. The molecule has 2 aromatic rings. The first kappa shape index (κ1) is 14.8. The second-order valence-corrected chi connectivity index (χ2v) is 6.59. The molecule has 0 spiro atoms. The van der Waals surface area contributed by atoms with Crippen LogP contribution in [-0.2, 0) is 18.3 Å². The predicted octanol–water partition coefficient (Wildman–Crippen LogP) is 2.45. The fourth-order valence-electron chi connectivity index (χ4n) is 3.50. The third kappa shape index (κ3) is 2.76. The zero-order valence-corrected chi connectivity index (χ0v) is 14.0. The van der Waals surface area contributed by atoms with Crippen LogP contribution in [0.4, 0.5) is 5.95 Å². The van der Waals surface area contributed by atoms with Crippen LogP contribution >= 0.6 is 0 Å². The van der Waals surface area contributed by atoms with Crippen LogP contribution in [0.3, 0.4) is 0 Å². The summed E-state index contributed by atoms with van der Waals surface area (Å²) in [4.78, 5) is 2.40. The summed E-state index contributed by atoms with van der Waals surface area (Å²) in [5.41, 5.74) is 1.11. The van der Waals surface area contributed by atoms with Crippen molar-refractivity contribution < 1.29 is 4.74 Å². The molecule has 2 aromatic heterocycles. The van der Waals surface area contributed by atoms with Gasteiger partial charge in [0.25, 0.3) is 0 Å². The van der Waals surface area contributed by atoms with Gasteiger partial charge in [0.15, 0.2) is 5.82 Å². The lowest BCUT2D eigenvalue weighted by Gasteiger charge is -2.23. The van der Waals surface area contributed by atoms with Crippen LogP contribution in [0.25, 0.3) is 11.5 Å². The minimum Gasteiger partial charge on any atom is -0.376 e. The minimum atomic E-state index is 0.279. The number of rotatable bonds is 6. The summed E-state index contributed by atoms with van der Waals surface area (Å²) in [6, 6.07) is 4.79. The standard InChI is InChI=1S/C17H25N5O/c1-3-21(13-8-9-13)17-19-18-16(15-7-4-10-20(15)2)22(17)12-14-6-5-11-23-14/h4,7,10,13-14H,3,5-6,8-9,11-12H2,1-2H3. The first-order valence-electron chi connectivity index (χ1n) is 8.71. The Morgan fingerprint density at radius 3 is 2.78 bits per heavy atom. The van der Waals surface area contributed by atoms with Crippen molar-refractivity contribution in [1.29, 1.82) is 0 Å². The maximum Gasteiger partial charge on any atom is 0.227 e. The lowest BCUT2D eigenvalue weighted by Crippen LogP contribution is -2.30. The first-order chi connectivity index (χ1) is 11.3. The highest BCUT2D eigenvalue weighted by atomic mass is 16.5. The number of nitrogens with zero attached hydrogens (tertiary/aromatic N) is 5. The van der Waals surface area contributed by atoms with Gasteiger partial charge >= 0.3 is 0 Å². The topological polar surface area (TPSA) is 48.1 Å². The zero-order chi connectivity index (χ0) is 15.8. The summed E-state index contributed by atoms with van der Waals surface area (Å²) in [6.45, 7) is 4.89. The van der Waals surface area contributed by atoms with Crippen LogP contribution in [0, 0.1) is 0 Å². The van der Waals surface area contributed by atoms with E-state index in [0.29, 0.717) is 6.04 Å². The predicted molar refractivity (Wildman–Crippen MR) is 89.4 cm³/mol. The van der Waals surface area contributed by atoms with Crippen LogP contribution in [0.15, 0.2) is 18.3 Å². The molecule has 23 heavy (non-hydrogen) atoms. The SMILES string of the molecule is CCN(c1nnc(-c2cccn2C)n1CC1CCCO1)C1CC1. The highest BCUT2D eigenvalue weighted by Crippen LogP contribution is 2.33. The Kier molecular flexibility index (Phi) is 3.85. The lowest BCUT2D eigenvalue weighted by molar-refractivity contribution is 0.0975. The van der Waals surface area contributed by atoms with Crippen molar-refractivity contribution in [2.45, 2.75) is 51.3 Å². The average molecular weight is 315 g/mol. The molecular formula is C17H25N5O. The van der Waals surface area contributed by atoms with Gasteiger partial charge in [0.2, 0.25) is 5.95 Å². The van der Waals surface area contributed by atoms with Crippen molar-refractivity contribution >= 4 is 5.95 Å². The second-order valence-electron chi connectivity index (χ2n) is 6.59. The van der Waals surface area contributed by atoms with Gasteiger partial charge in [-0.15, -0.1) is 10.2 Å². The Morgan fingerprint density at radius 1 is 1.30 bits per heavy atom. The molecule has 0 amide bonds. The first-order valence-corrected chi connectivity index (χ1v) is 8.71. The molecule has 124 valence electrons. The summed E-state index contributed by atoms with van der Waals surface area (Å²) in [6.07, 6.45) is 7.14. The Labute approximate surface area is 137 Å². The smallest absolute Gasteiger partial charge is 0.227 e. The van der Waals surface area contributed by atoms with E-state index in [0.717, 1.165) is 50.0 Å². The molecule has 1 saturated carbocycles. The normalized spacial score (nSPS) is 21.0. The van der Waals surface area contributed by atoms with Gasteiger partial charge in [0.1, 0.15) is 0 Å². The van der Waals surface area contributed by atoms with Gasteiger partial charge in [0.05, 0.1) is 18.3 Å². The Hall–Kier alpha value is -1.82. The number of ether oxygens (including phenoxy) is 1. The fraction of sp³-hybridized carbons (Fsp3) is 0.647. The van der Waals surface area contributed by atoms with Gasteiger partial charge in [-0.2, -0.15) is 0 Å². The molecule has 1 saturated heterocycles. The molecular weight excluding hydrogens is 290 g/mol. The number of hydrogen-bond donors (Lipinski definition) is 0. The number of anilines is 1. The maximum absolute atomic E-state index is 5.87. The maximum atomic E-state index is 5.87. The molecule has 4 rings (SSSR count). The third-order valence-corrected chi connectivity index (χ3v) is 4.90. The molecule has 1 aliphatic heterocycles. The monoisotopic (exact) mass is 315 g/mol. The van der Waals surface area contributed by atoms with Crippen molar-refractivity contribution in [3.8, 4) is 11.5 Å². The second kappa shape index (κ2) is 6.00. The van der Waals surface area contributed by atoms with E-state index in [4.69, 9.17) is 4.74 Å². The highest BCUT2D eigenvalue weighted by Gasteiger charge is 2.33. The van der Waals surface area contributed by atoms with Crippen molar-refractivity contribution in [1.82, 2.24) is 19.3 Å². The van der Waals surface area contributed by atoms with Gasteiger partial charge < -0.3 is 14.2 Å². The molecule has 1 aliphatic carbocycles. The van der Waals surface area contributed by atoms with E-state index in [1.165, 1.54) is 12.8 Å². The van der Waals surface area contributed by atoms with E-state index in [2.05, 4.69) is 56.5 Å². The molecule has 6 heteroatoms. The molecule has 0 bridgehead atoms. The van der Waals surface area contributed by atoms with Crippen LogP contribution < -0.4 is 4.90 Å². The summed E-state index contributed by atoms with van der Waals surface area (Å²) in [5.74, 6) is 1.95. The molecule has 2 fully saturated rings. The van der Waals surface area contributed by atoms with Gasteiger partial charge in [-0.3, -0.25) is 4.57 Å². The molecule has 0 radical (unpaired) electrons. The zero-order valence-electron chi connectivity index (χ0n) is 14.0. The minimum absolute atomic E-state index is 0.279. The summed E-state index contributed by atoms with van der Waals surface area (Å²) >= 11 is 0. The van der Waals surface area contributed by atoms with E-state index < -0.39 is 0 Å². The Bertz CT molecular complexity index is 666. The van der Waals surface area contributed by atoms with Crippen LogP contribution in [0.5, 0.6) is 0 Å². The lowest BCUT2D eigenvalue weighted by atomic mass is 10.2. The molecule has 1 atom stereocenters. The van der Waals surface area contributed by atoms with E-state index in [1.54, 1.807) is 0 Å². The van der Waals surface area contributed by atoms with E-state index in [9.17, 15) is 0 Å². The van der Waals surface area contributed by atoms with Crippen molar-refractivity contribution in [3.63, 3.8) is 0 Å². The summed E-state index contributed by atoms with van der Waals surface area (Å²) < 4.78 is 10.2. The molecule has 0 N–H and O–H groups in total. The van der Waals surface area contributed by atoms with Crippen molar-refractivity contribution in [2.75, 3.05) is 18.1 Å². The Balaban J connectivity index is 1.73. The van der Waals surface area contributed by atoms with Crippen molar-refractivity contribution in [2.24, 2.45) is 7.05 Å². The van der Waals surface area contributed by atoms with E-state index in [1.807, 2.05) is 0 Å². The molecule has 1 unspecified atom stereocenters. The van der Waals surface area contributed by atoms with Crippen LogP contribution in [0.1, 0.15) is 32.6 Å². The molecule has 6 nitrogen and oxygen atoms in total. The van der Waals surface area contributed by atoms with Gasteiger partial charge in [-0.05, 0) is 44.7 Å². The van der Waals surface area contributed by atoms with Crippen LogP contribution in [0.2, 0.25) is 0 Å². The molecule has 2 aliphatic rings. The Morgan fingerprint density at radius 2 is 2.17 bits per heavy atom. The number of aryl methyl sites for hydroxylation is 1. The van der Waals surface area contributed by atoms with Gasteiger partial charge in [-0.25, -0.2) is 0 Å². The van der Waals surface area contributed by atoms with E-state index >= 15 is 0 Å². The van der Waals surface area contributed by atoms with Crippen molar-refractivity contribution in [3.05, 3.63) is 18.3 Å². The largest absolute Gasteiger partial charge is 0.376 e. The summed E-state index contributed by atoms with van der Waals surface area (Å²) in [5, 5.41) is 9.09. The molecule has 3 heterocycles. The van der Waals surface area contributed by atoms with Gasteiger partial charge in [0, 0.05) is 32.4 Å². The third-order valence-electron chi connectivity index (χ3n) is 4.90. The van der Waals surface area contributed by atoms with Crippen LogP contribution in [-0.4, -0.2) is 44.6 Å². The number of hydrogen-bond acceptors (Lipinski definition) is 4. The summed E-state index contributed by atoms with van der Waals surface area (Å²) in [7, 11) is 2.05. The quantitative estimate of drug-likeness (QED) is 0.821. The highest BCUT2D eigenvalue weighted by molar-refractivity contribution is 5.54.